The van der Waals surface area contributed by atoms with E-state index in [0.29, 0.717) is 25.6 Å². The van der Waals surface area contributed by atoms with E-state index in [1.165, 1.54) is 12.1 Å². The molecule has 3 aromatic rings. The number of benzene rings is 2. The van der Waals surface area contributed by atoms with Crippen LogP contribution in [0.25, 0.3) is 0 Å². The number of methoxy groups -OCH3 is 1. The van der Waals surface area contributed by atoms with Gasteiger partial charge in [0.2, 0.25) is 5.95 Å². The van der Waals surface area contributed by atoms with Crippen LogP contribution in [0.2, 0.25) is 0 Å². The van der Waals surface area contributed by atoms with Crippen LogP contribution in [-0.4, -0.2) is 36.8 Å². The van der Waals surface area contributed by atoms with Crippen LogP contribution in [0.5, 0.6) is 11.5 Å². The van der Waals surface area contributed by atoms with E-state index in [-0.39, 0.29) is 5.82 Å². The van der Waals surface area contributed by atoms with Crippen molar-refractivity contribution in [1.82, 2.24) is 9.97 Å². The number of ether oxygens (including phenoxy) is 2. The highest BCUT2D eigenvalue weighted by atomic mass is 19.1. The summed E-state index contributed by atoms with van der Waals surface area (Å²) in [4.78, 5) is 8.63. The lowest BCUT2D eigenvalue weighted by molar-refractivity contribution is 0.331. The second kappa shape index (κ2) is 10.1. The minimum Gasteiger partial charge on any atom is -0.497 e. The molecule has 0 amide bonds. The maximum atomic E-state index is 12.9. The summed E-state index contributed by atoms with van der Waals surface area (Å²) >= 11 is 0. The van der Waals surface area contributed by atoms with Gasteiger partial charge in [0.1, 0.15) is 29.7 Å². The Labute approximate surface area is 163 Å². The lowest BCUT2D eigenvalue weighted by atomic mass is 10.1. The SMILES string of the molecule is COc1ccc(OCCNc2nccc(NCCc3ccc(F)cc3)n2)cc1. The number of anilines is 2. The maximum Gasteiger partial charge on any atom is 0.224 e. The van der Waals surface area contributed by atoms with Crippen molar-refractivity contribution in [3.8, 4) is 11.5 Å². The summed E-state index contributed by atoms with van der Waals surface area (Å²) in [5, 5.41) is 6.39. The van der Waals surface area contributed by atoms with Crippen molar-refractivity contribution in [2.45, 2.75) is 6.42 Å². The van der Waals surface area contributed by atoms with Crippen LogP contribution >= 0.6 is 0 Å². The van der Waals surface area contributed by atoms with E-state index in [1.54, 1.807) is 25.4 Å². The van der Waals surface area contributed by atoms with Crippen molar-refractivity contribution < 1.29 is 13.9 Å². The van der Waals surface area contributed by atoms with Crippen molar-refractivity contribution >= 4 is 11.8 Å². The van der Waals surface area contributed by atoms with Gasteiger partial charge in [-0.15, -0.1) is 0 Å². The third-order valence-electron chi connectivity index (χ3n) is 4.00. The molecule has 6 nitrogen and oxygen atoms in total. The molecule has 146 valence electrons. The number of halogens is 1. The fourth-order valence-corrected chi connectivity index (χ4v) is 2.53. The molecule has 0 aliphatic rings. The normalized spacial score (nSPS) is 10.4. The summed E-state index contributed by atoms with van der Waals surface area (Å²) in [6.07, 6.45) is 2.47. The predicted molar refractivity (Wildman–Crippen MR) is 108 cm³/mol. The minimum absolute atomic E-state index is 0.223. The zero-order chi connectivity index (χ0) is 19.6. The van der Waals surface area contributed by atoms with Gasteiger partial charge in [0.15, 0.2) is 0 Å². The van der Waals surface area contributed by atoms with Crippen molar-refractivity contribution in [1.29, 1.82) is 0 Å². The zero-order valence-electron chi connectivity index (χ0n) is 15.7. The quantitative estimate of drug-likeness (QED) is 0.520. The molecule has 1 aromatic heterocycles. The van der Waals surface area contributed by atoms with Crippen LogP contribution in [0.1, 0.15) is 5.56 Å². The summed E-state index contributed by atoms with van der Waals surface area (Å²) in [6.45, 7) is 1.76. The van der Waals surface area contributed by atoms with Gasteiger partial charge in [0, 0.05) is 12.7 Å². The number of hydrogen-bond acceptors (Lipinski definition) is 6. The van der Waals surface area contributed by atoms with Crippen LogP contribution in [-0.2, 0) is 6.42 Å². The molecule has 2 aromatic carbocycles. The smallest absolute Gasteiger partial charge is 0.224 e. The molecule has 2 N–H and O–H groups in total. The highest BCUT2D eigenvalue weighted by molar-refractivity contribution is 5.39. The van der Waals surface area contributed by atoms with Gasteiger partial charge in [-0.1, -0.05) is 12.1 Å². The number of nitrogens with one attached hydrogen (secondary N) is 2. The van der Waals surface area contributed by atoms with Crippen LogP contribution in [0, 0.1) is 5.82 Å². The third-order valence-corrected chi connectivity index (χ3v) is 4.00. The van der Waals surface area contributed by atoms with Gasteiger partial charge in [-0.3, -0.25) is 0 Å². The monoisotopic (exact) mass is 382 g/mol. The Morgan fingerprint density at radius 1 is 0.893 bits per heavy atom. The van der Waals surface area contributed by atoms with Gasteiger partial charge < -0.3 is 20.1 Å². The fraction of sp³-hybridized carbons (Fsp3) is 0.238. The van der Waals surface area contributed by atoms with Gasteiger partial charge in [-0.05, 0) is 54.4 Å². The molecule has 7 heteroatoms. The molecular formula is C21H23FN4O2. The lowest BCUT2D eigenvalue weighted by Crippen LogP contribution is -2.14. The molecule has 0 radical (unpaired) electrons. The highest BCUT2D eigenvalue weighted by Gasteiger charge is 2.00. The number of hydrogen-bond donors (Lipinski definition) is 2. The summed E-state index contributed by atoms with van der Waals surface area (Å²) < 4.78 is 23.7. The van der Waals surface area contributed by atoms with Gasteiger partial charge in [-0.25, -0.2) is 9.37 Å². The molecule has 28 heavy (non-hydrogen) atoms. The van der Waals surface area contributed by atoms with Gasteiger partial charge in [0.05, 0.1) is 13.7 Å². The van der Waals surface area contributed by atoms with Gasteiger partial charge in [0.25, 0.3) is 0 Å². The average molecular weight is 382 g/mol. The van der Waals surface area contributed by atoms with E-state index < -0.39 is 0 Å². The van der Waals surface area contributed by atoms with Crippen LogP contribution < -0.4 is 20.1 Å². The molecule has 0 fully saturated rings. The van der Waals surface area contributed by atoms with Gasteiger partial charge in [-0.2, -0.15) is 4.98 Å². The van der Waals surface area contributed by atoms with Crippen molar-refractivity contribution in [2.75, 3.05) is 37.4 Å². The molecule has 0 saturated carbocycles. The molecule has 0 unspecified atom stereocenters. The Morgan fingerprint density at radius 2 is 1.64 bits per heavy atom. The molecule has 0 aliphatic heterocycles. The zero-order valence-corrected chi connectivity index (χ0v) is 15.7. The van der Waals surface area contributed by atoms with E-state index in [2.05, 4.69) is 20.6 Å². The Bertz CT molecular complexity index is 857. The Morgan fingerprint density at radius 3 is 2.39 bits per heavy atom. The van der Waals surface area contributed by atoms with Crippen molar-refractivity contribution in [3.63, 3.8) is 0 Å². The summed E-state index contributed by atoms with van der Waals surface area (Å²) in [5.74, 6) is 2.61. The first-order valence-corrected chi connectivity index (χ1v) is 9.05. The van der Waals surface area contributed by atoms with Crippen molar-refractivity contribution in [3.05, 3.63) is 72.2 Å². The molecule has 1 heterocycles. The first kappa shape index (κ1) is 19.4. The first-order chi connectivity index (χ1) is 13.7. The summed E-state index contributed by atoms with van der Waals surface area (Å²) in [7, 11) is 1.63. The minimum atomic E-state index is -0.223. The highest BCUT2D eigenvalue weighted by Crippen LogP contribution is 2.16. The Hall–Kier alpha value is -3.35. The maximum absolute atomic E-state index is 12.9. The predicted octanol–water partition coefficient (Wildman–Crippen LogP) is 3.77. The Kier molecular flexibility index (Phi) is 7.01. The Balaban J connectivity index is 1.39. The number of nitrogens with zero attached hydrogens (tertiary/aromatic N) is 2. The van der Waals surface area contributed by atoms with E-state index in [0.717, 1.165) is 29.3 Å². The largest absolute Gasteiger partial charge is 0.497 e. The molecular weight excluding hydrogens is 359 g/mol. The fourth-order valence-electron chi connectivity index (χ4n) is 2.53. The third kappa shape index (κ3) is 6.12. The van der Waals surface area contributed by atoms with E-state index >= 15 is 0 Å². The lowest BCUT2D eigenvalue weighted by Gasteiger charge is -2.10. The summed E-state index contributed by atoms with van der Waals surface area (Å²) in [5.41, 5.74) is 1.07. The van der Waals surface area contributed by atoms with E-state index in [9.17, 15) is 4.39 Å². The second-order valence-corrected chi connectivity index (χ2v) is 6.02. The standard InChI is InChI=1S/C21H23FN4O2/c1-27-18-6-8-19(9-7-18)28-15-14-25-21-24-13-11-20(26-21)23-12-10-16-2-4-17(22)5-3-16/h2-9,11,13H,10,12,14-15H2,1H3,(H2,23,24,25,26). The number of aromatic nitrogens is 2. The number of rotatable bonds is 10. The molecule has 0 atom stereocenters. The molecule has 0 bridgehead atoms. The molecule has 0 saturated heterocycles. The summed E-state index contributed by atoms with van der Waals surface area (Å²) in [6, 6.07) is 15.7. The van der Waals surface area contributed by atoms with Crippen molar-refractivity contribution in [2.24, 2.45) is 0 Å². The second-order valence-electron chi connectivity index (χ2n) is 6.02. The van der Waals surface area contributed by atoms with Gasteiger partial charge >= 0.3 is 0 Å². The molecule has 3 rings (SSSR count). The molecule has 0 aliphatic carbocycles. The van der Waals surface area contributed by atoms with E-state index in [1.807, 2.05) is 30.3 Å². The average Bonchev–Trinajstić information content (AvgIpc) is 2.73. The van der Waals surface area contributed by atoms with Crippen LogP contribution in [0.15, 0.2) is 60.8 Å². The van der Waals surface area contributed by atoms with E-state index in [4.69, 9.17) is 9.47 Å². The first-order valence-electron chi connectivity index (χ1n) is 9.05. The molecule has 0 spiro atoms. The van der Waals surface area contributed by atoms with Crippen LogP contribution in [0.3, 0.4) is 0 Å². The topological polar surface area (TPSA) is 68.3 Å². The van der Waals surface area contributed by atoms with Crippen LogP contribution in [0.4, 0.5) is 16.2 Å².